The van der Waals surface area contributed by atoms with Crippen LogP contribution in [0, 0.1) is 5.92 Å². The predicted molar refractivity (Wildman–Crippen MR) is 71.2 cm³/mol. The van der Waals surface area contributed by atoms with Gasteiger partial charge in [0, 0.05) is 30.1 Å². The lowest BCUT2D eigenvalue weighted by Gasteiger charge is -2.07. The van der Waals surface area contributed by atoms with Gasteiger partial charge in [-0.25, -0.2) is 4.98 Å². The number of carbonyl (C=O) groups excluding carboxylic acids is 1. The first-order valence-corrected chi connectivity index (χ1v) is 6.05. The Hall–Kier alpha value is -2.10. The van der Waals surface area contributed by atoms with Crippen LogP contribution in [0.5, 0.6) is 0 Å². The van der Waals surface area contributed by atoms with E-state index in [-0.39, 0.29) is 5.91 Å². The maximum atomic E-state index is 11.8. The highest BCUT2D eigenvalue weighted by molar-refractivity contribution is 5.94. The Morgan fingerprint density at radius 3 is 2.61 bits per heavy atom. The summed E-state index contributed by atoms with van der Waals surface area (Å²) in [6.07, 6.45) is 3.48. The molecular formula is C14H17N3O. The van der Waals surface area contributed by atoms with Crippen LogP contribution in [-0.4, -0.2) is 22.4 Å². The first-order valence-electron chi connectivity index (χ1n) is 6.05. The van der Waals surface area contributed by atoms with Gasteiger partial charge in [0.15, 0.2) is 0 Å². The zero-order chi connectivity index (χ0) is 13.0. The molecule has 2 rings (SSSR count). The van der Waals surface area contributed by atoms with Crippen LogP contribution in [0.15, 0.2) is 36.7 Å². The zero-order valence-corrected chi connectivity index (χ0v) is 10.6. The van der Waals surface area contributed by atoms with Crippen molar-refractivity contribution in [2.24, 2.45) is 5.92 Å². The van der Waals surface area contributed by atoms with Gasteiger partial charge in [0.1, 0.15) is 5.82 Å². The van der Waals surface area contributed by atoms with Crippen molar-refractivity contribution in [3.05, 3.63) is 42.2 Å². The molecule has 0 aliphatic rings. The summed E-state index contributed by atoms with van der Waals surface area (Å²) in [5, 5.41) is 2.89. The molecule has 94 valence electrons. The highest BCUT2D eigenvalue weighted by Crippen LogP contribution is 2.14. The third-order valence-corrected chi connectivity index (χ3v) is 2.59. The van der Waals surface area contributed by atoms with Gasteiger partial charge in [0.05, 0.1) is 0 Å². The Morgan fingerprint density at radius 2 is 2.06 bits per heavy atom. The SMILES string of the molecule is CC(C)CNC(=O)c1ccc(-c2ncc[nH]2)cc1. The molecule has 1 amide bonds. The second-order valence-electron chi connectivity index (χ2n) is 4.62. The smallest absolute Gasteiger partial charge is 0.251 e. The number of nitrogens with zero attached hydrogens (tertiary/aromatic N) is 1. The number of imidazole rings is 1. The average molecular weight is 243 g/mol. The molecule has 0 atom stereocenters. The van der Waals surface area contributed by atoms with E-state index in [9.17, 15) is 4.79 Å². The molecule has 0 spiro atoms. The summed E-state index contributed by atoms with van der Waals surface area (Å²) in [5.74, 6) is 1.23. The molecule has 0 unspecified atom stereocenters. The Balaban J connectivity index is 2.06. The summed E-state index contributed by atoms with van der Waals surface area (Å²) >= 11 is 0. The number of hydrogen-bond acceptors (Lipinski definition) is 2. The molecule has 1 aromatic carbocycles. The number of amides is 1. The molecule has 0 aliphatic heterocycles. The Kier molecular flexibility index (Phi) is 3.77. The van der Waals surface area contributed by atoms with Gasteiger partial charge in [0.2, 0.25) is 0 Å². The molecule has 0 bridgehead atoms. The monoisotopic (exact) mass is 243 g/mol. The third kappa shape index (κ3) is 2.97. The van der Waals surface area contributed by atoms with Crippen LogP contribution in [0.3, 0.4) is 0 Å². The molecule has 0 radical (unpaired) electrons. The molecule has 0 aliphatic carbocycles. The largest absolute Gasteiger partial charge is 0.352 e. The van der Waals surface area contributed by atoms with Crippen LogP contribution < -0.4 is 5.32 Å². The van der Waals surface area contributed by atoms with Gasteiger partial charge < -0.3 is 10.3 Å². The van der Waals surface area contributed by atoms with Crippen molar-refractivity contribution in [1.82, 2.24) is 15.3 Å². The zero-order valence-electron chi connectivity index (χ0n) is 10.6. The number of H-pyrrole nitrogens is 1. The van der Waals surface area contributed by atoms with Crippen LogP contribution in [0.25, 0.3) is 11.4 Å². The summed E-state index contributed by atoms with van der Waals surface area (Å²) in [7, 11) is 0. The Morgan fingerprint density at radius 1 is 1.33 bits per heavy atom. The molecule has 0 saturated heterocycles. The maximum Gasteiger partial charge on any atom is 0.251 e. The van der Waals surface area contributed by atoms with E-state index in [0.29, 0.717) is 18.0 Å². The van der Waals surface area contributed by atoms with Gasteiger partial charge in [-0.1, -0.05) is 26.0 Å². The second kappa shape index (κ2) is 5.49. The van der Waals surface area contributed by atoms with E-state index in [4.69, 9.17) is 0 Å². The van der Waals surface area contributed by atoms with Crippen LogP contribution in [0.2, 0.25) is 0 Å². The number of hydrogen-bond donors (Lipinski definition) is 2. The van der Waals surface area contributed by atoms with E-state index >= 15 is 0 Å². The number of carbonyl (C=O) groups is 1. The number of aromatic amines is 1. The third-order valence-electron chi connectivity index (χ3n) is 2.59. The van der Waals surface area contributed by atoms with Gasteiger partial charge in [-0.2, -0.15) is 0 Å². The molecule has 0 saturated carbocycles. The van der Waals surface area contributed by atoms with Crippen LogP contribution >= 0.6 is 0 Å². The summed E-state index contributed by atoms with van der Waals surface area (Å²) in [6, 6.07) is 7.41. The van der Waals surface area contributed by atoms with Crippen molar-refractivity contribution in [2.75, 3.05) is 6.54 Å². The lowest BCUT2D eigenvalue weighted by molar-refractivity contribution is 0.0949. The highest BCUT2D eigenvalue weighted by atomic mass is 16.1. The second-order valence-corrected chi connectivity index (χ2v) is 4.62. The molecule has 18 heavy (non-hydrogen) atoms. The minimum Gasteiger partial charge on any atom is -0.352 e. The van der Waals surface area contributed by atoms with E-state index in [0.717, 1.165) is 11.4 Å². The van der Waals surface area contributed by atoms with Gasteiger partial charge in [-0.05, 0) is 18.1 Å². The van der Waals surface area contributed by atoms with Crippen molar-refractivity contribution < 1.29 is 4.79 Å². The fourth-order valence-corrected chi connectivity index (χ4v) is 1.60. The molecule has 0 fully saturated rings. The number of rotatable bonds is 4. The Bertz CT molecular complexity index is 500. The predicted octanol–water partition coefficient (Wildman–Crippen LogP) is 2.46. The molecule has 4 heteroatoms. The van der Waals surface area contributed by atoms with E-state index in [2.05, 4.69) is 29.1 Å². The standard InChI is InChI=1S/C14H17N3O/c1-10(2)9-17-14(18)12-5-3-11(4-6-12)13-15-7-8-16-13/h3-8,10H,9H2,1-2H3,(H,15,16)(H,17,18). The average Bonchev–Trinajstić information content (AvgIpc) is 2.90. The molecule has 1 aromatic heterocycles. The Labute approximate surface area is 106 Å². The quantitative estimate of drug-likeness (QED) is 0.866. The summed E-state index contributed by atoms with van der Waals surface area (Å²) in [5.41, 5.74) is 1.64. The molecule has 4 nitrogen and oxygen atoms in total. The lowest BCUT2D eigenvalue weighted by atomic mass is 10.1. The normalized spacial score (nSPS) is 10.6. The highest BCUT2D eigenvalue weighted by Gasteiger charge is 2.06. The van der Waals surface area contributed by atoms with Crippen LogP contribution in [0.1, 0.15) is 24.2 Å². The summed E-state index contributed by atoms with van der Waals surface area (Å²) < 4.78 is 0. The lowest BCUT2D eigenvalue weighted by Crippen LogP contribution is -2.27. The van der Waals surface area contributed by atoms with Gasteiger partial charge in [-0.3, -0.25) is 4.79 Å². The topological polar surface area (TPSA) is 57.8 Å². The van der Waals surface area contributed by atoms with E-state index in [1.807, 2.05) is 24.3 Å². The van der Waals surface area contributed by atoms with Gasteiger partial charge >= 0.3 is 0 Å². The minimum atomic E-state index is -0.0327. The first-order chi connectivity index (χ1) is 8.66. The summed E-state index contributed by atoms with van der Waals surface area (Å²) in [6.45, 7) is 4.83. The van der Waals surface area contributed by atoms with Crippen molar-refractivity contribution in [3.8, 4) is 11.4 Å². The number of aromatic nitrogens is 2. The fourth-order valence-electron chi connectivity index (χ4n) is 1.60. The molecule has 1 heterocycles. The van der Waals surface area contributed by atoms with Crippen molar-refractivity contribution in [2.45, 2.75) is 13.8 Å². The van der Waals surface area contributed by atoms with Crippen LogP contribution in [0.4, 0.5) is 0 Å². The minimum absolute atomic E-state index is 0.0327. The van der Waals surface area contributed by atoms with Gasteiger partial charge in [0.25, 0.3) is 5.91 Å². The van der Waals surface area contributed by atoms with E-state index < -0.39 is 0 Å². The summed E-state index contributed by atoms with van der Waals surface area (Å²) in [4.78, 5) is 19.0. The molecule has 2 N–H and O–H groups in total. The van der Waals surface area contributed by atoms with Gasteiger partial charge in [-0.15, -0.1) is 0 Å². The van der Waals surface area contributed by atoms with E-state index in [1.54, 1.807) is 12.4 Å². The molecule has 2 aromatic rings. The number of benzene rings is 1. The number of nitrogens with one attached hydrogen (secondary N) is 2. The molecular weight excluding hydrogens is 226 g/mol. The van der Waals surface area contributed by atoms with Crippen LogP contribution in [-0.2, 0) is 0 Å². The fraction of sp³-hybridized carbons (Fsp3) is 0.286. The first kappa shape index (κ1) is 12.4. The van der Waals surface area contributed by atoms with Crippen molar-refractivity contribution in [3.63, 3.8) is 0 Å². The van der Waals surface area contributed by atoms with Crippen molar-refractivity contribution in [1.29, 1.82) is 0 Å². The van der Waals surface area contributed by atoms with E-state index in [1.165, 1.54) is 0 Å². The van der Waals surface area contributed by atoms with Crippen molar-refractivity contribution >= 4 is 5.91 Å². The maximum absolute atomic E-state index is 11.8.